The summed E-state index contributed by atoms with van der Waals surface area (Å²) >= 11 is 0. The van der Waals surface area contributed by atoms with Crippen molar-refractivity contribution in [1.29, 1.82) is 0 Å². The second kappa shape index (κ2) is 3.96. The third-order valence-corrected chi connectivity index (χ3v) is 1.70. The van der Waals surface area contributed by atoms with Crippen molar-refractivity contribution in [2.75, 3.05) is 12.4 Å². The Bertz CT molecular complexity index is 221. The molecule has 60 valence electrons. The smallest absolute Gasteiger partial charge is 0.0556 e. The minimum Gasteiger partial charge on any atom is -0.387 e. The second-order valence-electron chi connectivity index (χ2n) is 2.53. The van der Waals surface area contributed by atoms with E-state index in [2.05, 4.69) is 23.3 Å². The molecule has 0 spiro atoms. The van der Waals surface area contributed by atoms with Crippen LogP contribution in [0.25, 0.3) is 0 Å². The van der Waals surface area contributed by atoms with Gasteiger partial charge in [0.25, 0.3) is 0 Å². The van der Waals surface area contributed by atoms with Gasteiger partial charge in [0.05, 0.1) is 11.9 Å². The lowest BCUT2D eigenvalue weighted by molar-refractivity contribution is 0.919. The van der Waals surface area contributed by atoms with Crippen LogP contribution in [0.15, 0.2) is 18.5 Å². The minimum atomic E-state index is 1.12. The van der Waals surface area contributed by atoms with E-state index in [9.17, 15) is 0 Å². The van der Waals surface area contributed by atoms with Crippen LogP contribution >= 0.6 is 0 Å². The molecule has 1 N–H and O–H groups in total. The molecule has 0 aliphatic carbocycles. The van der Waals surface area contributed by atoms with Crippen LogP contribution in [0.3, 0.4) is 0 Å². The molecule has 11 heavy (non-hydrogen) atoms. The topological polar surface area (TPSA) is 24.9 Å². The van der Waals surface area contributed by atoms with Crippen molar-refractivity contribution < 1.29 is 0 Å². The number of hydrogen-bond donors (Lipinski definition) is 1. The van der Waals surface area contributed by atoms with E-state index in [4.69, 9.17) is 0 Å². The molecule has 0 fully saturated rings. The normalized spacial score (nSPS) is 9.64. The molecule has 1 aromatic heterocycles. The average Bonchev–Trinajstić information content (AvgIpc) is 2.06. The van der Waals surface area contributed by atoms with Crippen LogP contribution in [0.2, 0.25) is 0 Å². The molecule has 0 aliphatic rings. The zero-order valence-electron chi connectivity index (χ0n) is 7.09. The van der Waals surface area contributed by atoms with Crippen molar-refractivity contribution in [1.82, 2.24) is 4.98 Å². The van der Waals surface area contributed by atoms with Crippen molar-refractivity contribution in [3.63, 3.8) is 0 Å². The van der Waals surface area contributed by atoms with Gasteiger partial charge in [0, 0.05) is 13.2 Å². The van der Waals surface area contributed by atoms with Crippen LogP contribution in [0.5, 0.6) is 0 Å². The SMILES string of the molecule is CCCc1ccncc1NC. The number of rotatable bonds is 3. The minimum absolute atomic E-state index is 1.12. The third kappa shape index (κ3) is 1.93. The van der Waals surface area contributed by atoms with Gasteiger partial charge < -0.3 is 5.32 Å². The van der Waals surface area contributed by atoms with Gasteiger partial charge in [-0.05, 0) is 18.1 Å². The van der Waals surface area contributed by atoms with Gasteiger partial charge in [-0.25, -0.2) is 0 Å². The van der Waals surface area contributed by atoms with E-state index in [1.807, 2.05) is 19.4 Å². The number of aromatic nitrogens is 1. The largest absolute Gasteiger partial charge is 0.387 e. The maximum absolute atomic E-state index is 4.04. The second-order valence-corrected chi connectivity index (χ2v) is 2.53. The van der Waals surface area contributed by atoms with E-state index in [-0.39, 0.29) is 0 Å². The lowest BCUT2D eigenvalue weighted by Gasteiger charge is -2.05. The molecule has 0 amide bonds. The van der Waals surface area contributed by atoms with Crippen molar-refractivity contribution in [2.24, 2.45) is 0 Å². The Morgan fingerprint density at radius 3 is 3.00 bits per heavy atom. The van der Waals surface area contributed by atoms with Gasteiger partial charge in [-0.3, -0.25) is 4.98 Å². The summed E-state index contributed by atoms with van der Waals surface area (Å²) in [6.07, 6.45) is 6.01. The van der Waals surface area contributed by atoms with Crippen molar-refractivity contribution in [3.8, 4) is 0 Å². The molecule has 0 radical (unpaired) electrons. The summed E-state index contributed by atoms with van der Waals surface area (Å²) in [5.74, 6) is 0. The molecule has 1 heterocycles. The Labute approximate surface area is 67.7 Å². The third-order valence-electron chi connectivity index (χ3n) is 1.70. The lowest BCUT2D eigenvalue weighted by Crippen LogP contribution is -1.95. The molecular formula is C9H14N2. The summed E-state index contributed by atoms with van der Waals surface area (Å²) in [6.45, 7) is 2.18. The predicted molar refractivity (Wildman–Crippen MR) is 47.8 cm³/mol. The highest BCUT2D eigenvalue weighted by molar-refractivity contribution is 5.48. The maximum Gasteiger partial charge on any atom is 0.0556 e. The number of nitrogens with one attached hydrogen (secondary N) is 1. The van der Waals surface area contributed by atoms with Crippen molar-refractivity contribution in [2.45, 2.75) is 19.8 Å². The van der Waals surface area contributed by atoms with Gasteiger partial charge in [-0.15, -0.1) is 0 Å². The molecule has 1 aromatic rings. The monoisotopic (exact) mass is 150 g/mol. The summed E-state index contributed by atoms with van der Waals surface area (Å²) in [6, 6.07) is 2.06. The number of pyridine rings is 1. The van der Waals surface area contributed by atoms with E-state index in [1.54, 1.807) is 0 Å². The highest BCUT2D eigenvalue weighted by Gasteiger charge is 1.96. The summed E-state index contributed by atoms with van der Waals surface area (Å²) in [4.78, 5) is 4.04. The van der Waals surface area contributed by atoms with E-state index in [0.29, 0.717) is 0 Å². The van der Waals surface area contributed by atoms with Crippen molar-refractivity contribution in [3.05, 3.63) is 24.0 Å². The van der Waals surface area contributed by atoms with Gasteiger partial charge in [0.2, 0.25) is 0 Å². The van der Waals surface area contributed by atoms with E-state index < -0.39 is 0 Å². The van der Waals surface area contributed by atoms with Gasteiger partial charge in [-0.1, -0.05) is 13.3 Å². The van der Waals surface area contributed by atoms with Crippen LogP contribution in [0, 0.1) is 0 Å². The van der Waals surface area contributed by atoms with Gasteiger partial charge in [0.15, 0.2) is 0 Å². The molecule has 1 rings (SSSR count). The van der Waals surface area contributed by atoms with Crippen molar-refractivity contribution >= 4 is 5.69 Å². The molecule has 0 saturated carbocycles. The molecule has 0 saturated heterocycles. The average molecular weight is 150 g/mol. The fraction of sp³-hybridized carbons (Fsp3) is 0.444. The maximum atomic E-state index is 4.04. The summed E-state index contributed by atoms with van der Waals surface area (Å²) < 4.78 is 0. The first kappa shape index (κ1) is 8.05. The molecule has 0 aromatic carbocycles. The Morgan fingerprint density at radius 1 is 1.55 bits per heavy atom. The van der Waals surface area contributed by atoms with Crippen LogP contribution < -0.4 is 5.32 Å². The Hall–Kier alpha value is -1.05. The number of aryl methyl sites for hydroxylation is 1. The van der Waals surface area contributed by atoms with Crippen LogP contribution in [-0.4, -0.2) is 12.0 Å². The first-order valence-electron chi connectivity index (χ1n) is 3.99. The van der Waals surface area contributed by atoms with Gasteiger partial charge in [-0.2, -0.15) is 0 Å². The molecule has 2 nitrogen and oxygen atoms in total. The number of hydrogen-bond acceptors (Lipinski definition) is 2. The Kier molecular flexibility index (Phi) is 2.90. The first-order chi connectivity index (χ1) is 5.38. The zero-order chi connectivity index (χ0) is 8.10. The molecule has 2 heteroatoms. The fourth-order valence-electron chi connectivity index (χ4n) is 1.14. The van der Waals surface area contributed by atoms with E-state index in [0.717, 1.165) is 12.1 Å². The molecule has 0 bridgehead atoms. The summed E-state index contributed by atoms with van der Waals surface area (Å²) in [5, 5.41) is 3.12. The molecule has 0 aliphatic heterocycles. The quantitative estimate of drug-likeness (QED) is 0.713. The molecule has 0 atom stereocenters. The summed E-state index contributed by atoms with van der Waals surface area (Å²) in [7, 11) is 1.93. The van der Waals surface area contributed by atoms with E-state index in [1.165, 1.54) is 12.0 Å². The van der Waals surface area contributed by atoms with Gasteiger partial charge in [0.1, 0.15) is 0 Å². The lowest BCUT2D eigenvalue weighted by atomic mass is 10.1. The fourth-order valence-corrected chi connectivity index (χ4v) is 1.14. The van der Waals surface area contributed by atoms with Gasteiger partial charge >= 0.3 is 0 Å². The number of nitrogens with zero attached hydrogens (tertiary/aromatic N) is 1. The molecular weight excluding hydrogens is 136 g/mol. The molecule has 0 unspecified atom stereocenters. The van der Waals surface area contributed by atoms with E-state index >= 15 is 0 Å². The Morgan fingerprint density at radius 2 is 2.36 bits per heavy atom. The Balaban J connectivity index is 2.83. The first-order valence-corrected chi connectivity index (χ1v) is 3.99. The van der Waals surface area contributed by atoms with Crippen LogP contribution in [0.1, 0.15) is 18.9 Å². The highest BCUT2D eigenvalue weighted by Crippen LogP contribution is 2.13. The zero-order valence-corrected chi connectivity index (χ0v) is 7.09. The summed E-state index contributed by atoms with van der Waals surface area (Å²) in [5.41, 5.74) is 2.50. The van der Waals surface area contributed by atoms with Crippen LogP contribution in [-0.2, 0) is 6.42 Å². The number of anilines is 1. The highest BCUT2D eigenvalue weighted by atomic mass is 14.8. The standard InChI is InChI=1S/C9H14N2/c1-3-4-8-5-6-11-7-9(8)10-2/h5-7,10H,3-4H2,1-2H3. The van der Waals surface area contributed by atoms with Crippen LogP contribution in [0.4, 0.5) is 5.69 Å². The predicted octanol–water partition coefficient (Wildman–Crippen LogP) is 2.08.